The average molecular weight is 481 g/mol. The molecule has 1 unspecified atom stereocenters. The molecule has 0 fully saturated rings. The van der Waals surface area contributed by atoms with Crippen LogP contribution in [0.15, 0.2) is 78.9 Å². The zero-order chi connectivity index (χ0) is 24.3. The minimum Gasteiger partial charge on any atom is -0.497 e. The number of nitrogens with one attached hydrogen (secondary N) is 1. The lowest BCUT2D eigenvalue weighted by molar-refractivity contribution is -0.142. The molecular weight excluding hydrogens is 452 g/mol. The summed E-state index contributed by atoms with van der Waals surface area (Å²) < 4.78 is 10.9. The molecule has 0 saturated carbocycles. The molecule has 0 heterocycles. The number of methoxy groups -OCH3 is 1. The van der Waals surface area contributed by atoms with Crippen LogP contribution in [0.25, 0.3) is 0 Å². The summed E-state index contributed by atoms with van der Waals surface area (Å²) in [5, 5.41) is 3.40. The molecule has 0 aliphatic carbocycles. The molecule has 0 bridgehead atoms. The van der Waals surface area contributed by atoms with Crippen molar-refractivity contribution >= 4 is 23.4 Å². The van der Waals surface area contributed by atoms with Crippen molar-refractivity contribution in [3.05, 3.63) is 95.0 Å². The molecule has 2 amide bonds. The number of halogens is 1. The number of benzene rings is 3. The van der Waals surface area contributed by atoms with Gasteiger partial charge in [0.05, 0.1) is 7.11 Å². The van der Waals surface area contributed by atoms with Gasteiger partial charge in [-0.1, -0.05) is 60.1 Å². The van der Waals surface area contributed by atoms with Crippen molar-refractivity contribution in [1.29, 1.82) is 0 Å². The van der Waals surface area contributed by atoms with Crippen LogP contribution in [0.1, 0.15) is 18.1 Å². The van der Waals surface area contributed by atoms with Crippen LogP contribution in [0.5, 0.6) is 11.5 Å². The molecule has 34 heavy (non-hydrogen) atoms. The van der Waals surface area contributed by atoms with E-state index in [1.165, 1.54) is 0 Å². The molecule has 1 atom stereocenters. The Morgan fingerprint density at radius 3 is 2.24 bits per heavy atom. The normalized spacial score (nSPS) is 11.4. The summed E-state index contributed by atoms with van der Waals surface area (Å²) in [5.41, 5.74) is 1.70. The lowest BCUT2D eigenvalue weighted by atomic mass is 10.0. The Hall–Kier alpha value is -3.51. The number of hydrogen-bond donors (Lipinski definition) is 1. The second-order valence-corrected chi connectivity index (χ2v) is 8.08. The maximum absolute atomic E-state index is 13.4. The van der Waals surface area contributed by atoms with Gasteiger partial charge in [0.1, 0.15) is 17.5 Å². The second-order valence-electron chi connectivity index (χ2n) is 7.68. The first-order valence-corrected chi connectivity index (χ1v) is 11.5. The van der Waals surface area contributed by atoms with Crippen LogP contribution in [0, 0.1) is 0 Å². The monoisotopic (exact) mass is 480 g/mol. The minimum atomic E-state index is -0.731. The highest BCUT2D eigenvalue weighted by atomic mass is 35.5. The topological polar surface area (TPSA) is 67.9 Å². The largest absolute Gasteiger partial charge is 0.497 e. The fourth-order valence-electron chi connectivity index (χ4n) is 3.56. The van der Waals surface area contributed by atoms with Crippen LogP contribution in [-0.4, -0.2) is 43.0 Å². The van der Waals surface area contributed by atoms with Crippen molar-refractivity contribution in [1.82, 2.24) is 10.2 Å². The van der Waals surface area contributed by atoms with Gasteiger partial charge in [-0.2, -0.15) is 0 Å². The lowest BCUT2D eigenvalue weighted by Crippen LogP contribution is -2.51. The molecule has 0 saturated heterocycles. The summed E-state index contributed by atoms with van der Waals surface area (Å²) in [5.74, 6) is 0.682. The number of amides is 2. The Bertz CT molecular complexity index is 1070. The summed E-state index contributed by atoms with van der Waals surface area (Å²) in [6.07, 6.45) is 0.366. The van der Waals surface area contributed by atoms with Crippen molar-refractivity contribution in [2.45, 2.75) is 25.9 Å². The van der Waals surface area contributed by atoms with E-state index in [9.17, 15) is 9.59 Å². The van der Waals surface area contributed by atoms with Crippen molar-refractivity contribution in [3.63, 3.8) is 0 Å². The maximum Gasteiger partial charge on any atom is 0.261 e. The Labute approximate surface area is 205 Å². The molecule has 6 nitrogen and oxygen atoms in total. The van der Waals surface area contributed by atoms with E-state index in [1.807, 2.05) is 55.5 Å². The Morgan fingerprint density at radius 2 is 1.59 bits per heavy atom. The average Bonchev–Trinajstić information content (AvgIpc) is 2.86. The number of nitrogens with zero attached hydrogens (tertiary/aromatic N) is 1. The van der Waals surface area contributed by atoms with Crippen LogP contribution in [0.3, 0.4) is 0 Å². The summed E-state index contributed by atoms with van der Waals surface area (Å²) in [6, 6.07) is 23.2. The highest BCUT2D eigenvalue weighted by Crippen LogP contribution is 2.21. The molecule has 7 heteroatoms. The summed E-state index contributed by atoms with van der Waals surface area (Å²) in [6.45, 7) is 2.27. The van der Waals surface area contributed by atoms with Gasteiger partial charge in [-0.25, -0.2) is 0 Å². The van der Waals surface area contributed by atoms with E-state index >= 15 is 0 Å². The first-order chi connectivity index (χ1) is 16.5. The van der Waals surface area contributed by atoms with Crippen LogP contribution < -0.4 is 14.8 Å². The van der Waals surface area contributed by atoms with Crippen LogP contribution >= 0.6 is 11.6 Å². The highest BCUT2D eigenvalue weighted by Gasteiger charge is 2.30. The first kappa shape index (κ1) is 25.1. The van der Waals surface area contributed by atoms with Crippen LogP contribution in [-0.2, 0) is 22.6 Å². The third kappa shape index (κ3) is 6.99. The number of carbonyl (C=O) groups excluding carboxylic acids is 2. The number of rotatable bonds is 11. The lowest BCUT2D eigenvalue weighted by Gasteiger charge is -2.31. The molecule has 178 valence electrons. The van der Waals surface area contributed by atoms with Gasteiger partial charge in [-0.15, -0.1) is 0 Å². The smallest absolute Gasteiger partial charge is 0.261 e. The minimum absolute atomic E-state index is 0.180. The molecule has 3 rings (SSSR count). The molecule has 0 radical (unpaired) electrons. The third-order valence-electron chi connectivity index (χ3n) is 5.34. The van der Waals surface area contributed by atoms with Crippen molar-refractivity contribution in [2.24, 2.45) is 0 Å². The van der Waals surface area contributed by atoms with Crippen molar-refractivity contribution in [3.8, 4) is 11.5 Å². The quantitative estimate of drug-likeness (QED) is 0.438. The zero-order valence-corrected chi connectivity index (χ0v) is 20.1. The predicted octanol–water partition coefficient (Wildman–Crippen LogP) is 4.50. The van der Waals surface area contributed by atoms with Gasteiger partial charge in [0, 0.05) is 24.5 Å². The zero-order valence-electron chi connectivity index (χ0n) is 19.4. The number of carbonyl (C=O) groups is 2. The van der Waals surface area contributed by atoms with Gasteiger partial charge in [-0.3, -0.25) is 9.59 Å². The number of hydrogen-bond acceptors (Lipinski definition) is 4. The van der Waals surface area contributed by atoms with E-state index in [-0.39, 0.29) is 25.0 Å². The van der Waals surface area contributed by atoms with Crippen molar-refractivity contribution < 1.29 is 19.1 Å². The molecular formula is C27H29ClN2O4. The highest BCUT2D eigenvalue weighted by molar-refractivity contribution is 6.31. The van der Waals surface area contributed by atoms with Crippen LogP contribution in [0.4, 0.5) is 0 Å². The fraction of sp³-hybridized carbons (Fsp3) is 0.259. The van der Waals surface area contributed by atoms with Gasteiger partial charge in [0.15, 0.2) is 6.61 Å². The molecule has 3 aromatic carbocycles. The maximum atomic E-state index is 13.4. The fourth-order valence-corrected chi connectivity index (χ4v) is 3.75. The van der Waals surface area contributed by atoms with Crippen LogP contribution in [0.2, 0.25) is 5.02 Å². The first-order valence-electron chi connectivity index (χ1n) is 11.1. The standard InChI is InChI=1S/C27H29ClN2O4/c1-3-29-27(32)25(17-20-9-5-4-6-10-20)30(18-21-11-7-8-12-24(21)28)26(31)19-34-23-15-13-22(33-2)14-16-23/h4-16,25H,3,17-19H2,1-2H3,(H,29,32). The molecule has 0 aromatic heterocycles. The Balaban J connectivity index is 1.87. The molecule has 3 aromatic rings. The van der Waals surface area contributed by atoms with Crippen molar-refractivity contribution in [2.75, 3.05) is 20.3 Å². The number of ether oxygens (including phenoxy) is 2. The van der Waals surface area contributed by atoms with E-state index in [1.54, 1.807) is 42.3 Å². The predicted molar refractivity (Wildman–Crippen MR) is 133 cm³/mol. The second kappa shape index (κ2) is 12.7. The number of likely N-dealkylation sites (N-methyl/N-ethyl adjacent to an activating group) is 1. The molecule has 0 aliphatic rings. The van der Waals surface area contributed by atoms with E-state index in [2.05, 4.69) is 5.32 Å². The van der Waals surface area contributed by atoms with E-state index < -0.39 is 6.04 Å². The SMILES string of the molecule is CCNC(=O)C(Cc1ccccc1)N(Cc1ccccc1Cl)C(=O)COc1ccc(OC)cc1. The summed E-state index contributed by atoms with van der Waals surface area (Å²) in [4.78, 5) is 28.1. The van der Waals surface area contributed by atoms with E-state index in [4.69, 9.17) is 21.1 Å². The van der Waals surface area contributed by atoms with Gasteiger partial charge in [0.25, 0.3) is 5.91 Å². The molecule has 1 N–H and O–H groups in total. The van der Waals surface area contributed by atoms with Gasteiger partial charge in [-0.05, 0) is 48.4 Å². The van der Waals surface area contributed by atoms with Gasteiger partial charge >= 0.3 is 0 Å². The van der Waals surface area contributed by atoms with Gasteiger partial charge < -0.3 is 19.7 Å². The van der Waals surface area contributed by atoms with E-state index in [0.717, 1.165) is 11.1 Å². The Morgan fingerprint density at radius 1 is 0.941 bits per heavy atom. The van der Waals surface area contributed by atoms with Gasteiger partial charge in [0.2, 0.25) is 5.91 Å². The van der Waals surface area contributed by atoms with E-state index in [0.29, 0.717) is 29.5 Å². The Kier molecular flexibility index (Phi) is 9.35. The summed E-state index contributed by atoms with van der Waals surface area (Å²) >= 11 is 6.40. The molecule has 0 spiro atoms. The third-order valence-corrected chi connectivity index (χ3v) is 5.71. The summed E-state index contributed by atoms with van der Waals surface area (Å²) in [7, 11) is 1.58. The molecule has 0 aliphatic heterocycles.